The number of amides is 2. The van der Waals surface area contributed by atoms with Crippen LogP contribution in [0.2, 0.25) is 0 Å². The topological polar surface area (TPSA) is 98.7 Å². The molecule has 172 valence electrons. The number of halogens is 2. The van der Waals surface area contributed by atoms with Crippen LogP contribution in [-0.2, 0) is 9.59 Å². The van der Waals surface area contributed by atoms with Crippen molar-refractivity contribution < 1.29 is 19.8 Å². The Bertz CT molecular complexity index is 1240. The Labute approximate surface area is 212 Å². The molecule has 0 saturated carbocycles. The highest BCUT2D eigenvalue weighted by atomic mass is 79.9. The van der Waals surface area contributed by atoms with E-state index in [0.29, 0.717) is 33.3 Å². The fourth-order valence-electron chi connectivity index (χ4n) is 3.52. The zero-order valence-electron chi connectivity index (χ0n) is 17.7. The van der Waals surface area contributed by atoms with Gasteiger partial charge in [-0.05, 0) is 47.5 Å². The van der Waals surface area contributed by atoms with Crippen LogP contribution in [0.5, 0.6) is 0 Å². The number of carbonyl (C=O) groups excluding carboxylic acids is 2. The minimum Gasteiger partial charge on any atom is -0.378 e. The molecular formula is C26H20Br2N2O4. The van der Waals surface area contributed by atoms with Crippen LogP contribution < -0.4 is 10.6 Å². The monoisotopic (exact) mass is 582 g/mol. The number of anilines is 2. The average Bonchev–Trinajstić information content (AvgIpc) is 2.84. The molecule has 2 amide bonds. The lowest BCUT2D eigenvalue weighted by molar-refractivity contribution is -0.124. The van der Waals surface area contributed by atoms with Crippen LogP contribution in [0, 0.1) is 0 Å². The number of hydrogen-bond acceptors (Lipinski definition) is 4. The van der Waals surface area contributed by atoms with E-state index in [0.717, 1.165) is 8.95 Å². The summed E-state index contributed by atoms with van der Waals surface area (Å²) < 4.78 is 1.69. The zero-order valence-corrected chi connectivity index (χ0v) is 20.9. The standard InChI is InChI=1S/C26H20Br2N2O4/c27-17-11-7-15(8-12-17)23(31)25(33)29-21-5-1-3-19-20(21)4-2-6-22(19)30-26(34)24(32)16-9-13-18(28)14-10-16/h1-14,23-24,31-32H,(H,29,33)(H,30,34). The van der Waals surface area contributed by atoms with Gasteiger partial charge in [-0.15, -0.1) is 0 Å². The largest absolute Gasteiger partial charge is 0.378 e. The fourth-order valence-corrected chi connectivity index (χ4v) is 4.05. The quantitative estimate of drug-likeness (QED) is 0.234. The summed E-state index contributed by atoms with van der Waals surface area (Å²) >= 11 is 6.66. The first-order chi connectivity index (χ1) is 16.3. The predicted molar refractivity (Wildman–Crippen MR) is 139 cm³/mol. The molecule has 2 unspecified atom stereocenters. The third-order valence-electron chi connectivity index (χ3n) is 5.31. The smallest absolute Gasteiger partial charge is 0.257 e. The van der Waals surface area contributed by atoms with E-state index in [1.54, 1.807) is 84.9 Å². The van der Waals surface area contributed by atoms with Crippen molar-refractivity contribution in [1.29, 1.82) is 0 Å². The molecule has 4 aromatic carbocycles. The van der Waals surface area contributed by atoms with Gasteiger partial charge in [-0.3, -0.25) is 9.59 Å². The highest BCUT2D eigenvalue weighted by Crippen LogP contribution is 2.31. The lowest BCUT2D eigenvalue weighted by Crippen LogP contribution is -2.21. The summed E-state index contributed by atoms with van der Waals surface area (Å²) in [6.45, 7) is 0. The fraction of sp³-hybridized carbons (Fsp3) is 0.0769. The van der Waals surface area contributed by atoms with Crippen LogP contribution in [0.15, 0.2) is 93.9 Å². The van der Waals surface area contributed by atoms with E-state index in [1.807, 2.05) is 0 Å². The van der Waals surface area contributed by atoms with E-state index in [1.165, 1.54) is 0 Å². The molecule has 4 N–H and O–H groups in total. The Balaban J connectivity index is 1.56. The molecule has 8 heteroatoms. The van der Waals surface area contributed by atoms with Crippen molar-refractivity contribution in [2.24, 2.45) is 0 Å². The van der Waals surface area contributed by atoms with Crippen LogP contribution >= 0.6 is 31.9 Å². The Morgan fingerprint density at radius 1 is 0.588 bits per heavy atom. The zero-order chi connectivity index (χ0) is 24.2. The molecule has 0 saturated heterocycles. The molecule has 0 spiro atoms. The lowest BCUT2D eigenvalue weighted by atomic mass is 10.0. The van der Waals surface area contributed by atoms with Gasteiger partial charge in [-0.1, -0.05) is 80.4 Å². The molecule has 0 heterocycles. The summed E-state index contributed by atoms with van der Waals surface area (Å²) in [6.07, 6.45) is -2.68. The first-order valence-electron chi connectivity index (χ1n) is 10.3. The maximum absolute atomic E-state index is 12.7. The van der Waals surface area contributed by atoms with Crippen molar-refractivity contribution in [1.82, 2.24) is 0 Å². The average molecular weight is 584 g/mol. The number of nitrogens with one attached hydrogen (secondary N) is 2. The van der Waals surface area contributed by atoms with Crippen molar-refractivity contribution in [2.45, 2.75) is 12.2 Å². The molecule has 0 aromatic heterocycles. The summed E-state index contributed by atoms with van der Waals surface area (Å²) in [5.41, 5.74) is 1.91. The summed E-state index contributed by atoms with van der Waals surface area (Å²) in [7, 11) is 0. The van der Waals surface area contributed by atoms with Gasteiger partial charge in [0.25, 0.3) is 11.8 Å². The van der Waals surface area contributed by atoms with E-state index in [9.17, 15) is 19.8 Å². The summed E-state index contributed by atoms with van der Waals surface area (Å²) in [6, 6.07) is 24.2. The normalized spacial score (nSPS) is 12.7. The molecule has 0 bridgehead atoms. The SMILES string of the molecule is O=C(Nc1cccc2c(NC(=O)C(O)c3ccc(Br)cc3)cccc12)C(O)c1ccc(Br)cc1. The summed E-state index contributed by atoms with van der Waals surface area (Å²) in [4.78, 5) is 25.4. The van der Waals surface area contributed by atoms with Crippen LogP contribution in [0.1, 0.15) is 23.3 Å². The van der Waals surface area contributed by atoms with E-state index in [2.05, 4.69) is 42.5 Å². The van der Waals surface area contributed by atoms with Crippen molar-refractivity contribution in [3.8, 4) is 0 Å². The van der Waals surface area contributed by atoms with Gasteiger partial charge in [0.2, 0.25) is 0 Å². The van der Waals surface area contributed by atoms with Crippen LogP contribution in [-0.4, -0.2) is 22.0 Å². The number of rotatable bonds is 6. The maximum atomic E-state index is 12.7. The molecule has 0 fully saturated rings. The maximum Gasteiger partial charge on any atom is 0.257 e. The van der Waals surface area contributed by atoms with Crippen molar-refractivity contribution >= 4 is 65.8 Å². The van der Waals surface area contributed by atoms with Gasteiger partial charge in [-0.25, -0.2) is 0 Å². The first-order valence-corrected chi connectivity index (χ1v) is 11.9. The molecule has 34 heavy (non-hydrogen) atoms. The van der Waals surface area contributed by atoms with Crippen LogP contribution in [0.4, 0.5) is 11.4 Å². The highest BCUT2D eigenvalue weighted by Gasteiger charge is 2.20. The molecule has 0 radical (unpaired) electrons. The highest BCUT2D eigenvalue weighted by molar-refractivity contribution is 9.10. The van der Waals surface area contributed by atoms with Crippen molar-refractivity contribution in [3.05, 3.63) is 105 Å². The molecule has 4 rings (SSSR count). The predicted octanol–water partition coefficient (Wildman–Crippen LogP) is 5.71. The van der Waals surface area contributed by atoms with Gasteiger partial charge in [0.15, 0.2) is 12.2 Å². The van der Waals surface area contributed by atoms with Gasteiger partial charge < -0.3 is 20.8 Å². The Kier molecular flexibility index (Phi) is 7.43. The second-order valence-electron chi connectivity index (χ2n) is 7.59. The minimum atomic E-state index is -1.34. The second kappa shape index (κ2) is 10.5. The Morgan fingerprint density at radius 2 is 0.941 bits per heavy atom. The molecule has 0 aliphatic carbocycles. The van der Waals surface area contributed by atoms with Gasteiger partial charge in [0.1, 0.15) is 0 Å². The minimum absolute atomic E-state index is 0.468. The number of hydrogen-bond donors (Lipinski definition) is 4. The number of fused-ring (bicyclic) bond motifs is 1. The van der Waals surface area contributed by atoms with Gasteiger partial charge in [0, 0.05) is 31.1 Å². The molecule has 0 aliphatic rings. The molecule has 2 atom stereocenters. The molecular weight excluding hydrogens is 564 g/mol. The van der Waals surface area contributed by atoms with E-state index < -0.39 is 24.0 Å². The number of aliphatic hydroxyl groups is 2. The van der Waals surface area contributed by atoms with Gasteiger partial charge in [-0.2, -0.15) is 0 Å². The third kappa shape index (κ3) is 5.37. The Hall–Kier alpha value is -3.04. The van der Waals surface area contributed by atoms with Gasteiger partial charge >= 0.3 is 0 Å². The summed E-state index contributed by atoms with van der Waals surface area (Å²) in [5, 5.41) is 27.8. The van der Waals surface area contributed by atoms with E-state index in [-0.39, 0.29) is 0 Å². The van der Waals surface area contributed by atoms with Crippen LogP contribution in [0.3, 0.4) is 0 Å². The number of benzene rings is 4. The molecule has 0 aliphatic heterocycles. The van der Waals surface area contributed by atoms with E-state index >= 15 is 0 Å². The number of aliphatic hydroxyl groups excluding tert-OH is 2. The summed E-state index contributed by atoms with van der Waals surface area (Å²) in [5.74, 6) is -1.15. The van der Waals surface area contributed by atoms with Crippen LogP contribution in [0.25, 0.3) is 10.8 Å². The second-order valence-corrected chi connectivity index (χ2v) is 9.42. The third-order valence-corrected chi connectivity index (χ3v) is 6.36. The van der Waals surface area contributed by atoms with Gasteiger partial charge in [0.05, 0.1) is 0 Å². The first kappa shape index (κ1) is 24.1. The number of carbonyl (C=O) groups is 2. The molecule has 4 aromatic rings. The Morgan fingerprint density at radius 3 is 1.29 bits per heavy atom. The molecule has 6 nitrogen and oxygen atoms in total. The van der Waals surface area contributed by atoms with Crippen molar-refractivity contribution in [3.63, 3.8) is 0 Å². The lowest BCUT2D eigenvalue weighted by Gasteiger charge is -2.16. The van der Waals surface area contributed by atoms with Crippen molar-refractivity contribution in [2.75, 3.05) is 10.6 Å². The van der Waals surface area contributed by atoms with E-state index in [4.69, 9.17) is 0 Å².